The summed E-state index contributed by atoms with van der Waals surface area (Å²) in [5, 5.41) is 10.0. The molecule has 1 amide bonds. The van der Waals surface area contributed by atoms with E-state index < -0.39 is 39.0 Å². The SMILES string of the molecule is COC(=O)CCC(NC(=O)C1CCCCS1(=O)=O)C(=O)O. The zero-order valence-corrected chi connectivity index (χ0v) is 12.5. The first-order valence-corrected chi connectivity index (χ1v) is 8.31. The number of ether oxygens (including phenoxy) is 1. The second kappa shape index (κ2) is 7.39. The van der Waals surface area contributed by atoms with E-state index in [-0.39, 0.29) is 25.0 Å². The monoisotopic (exact) mass is 321 g/mol. The predicted molar refractivity (Wildman–Crippen MR) is 72.2 cm³/mol. The van der Waals surface area contributed by atoms with Crippen molar-refractivity contribution in [1.29, 1.82) is 0 Å². The molecule has 9 heteroatoms. The minimum absolute atomic E-state index is 0.0645. The van der Waals surface area contributed by atoms with Crippen LogP contribution in [-0.2, 0) is 29.0 Å². The fourth-order valence-electron chi connectivity index (χ4n) is 2.14. The van der Waals surface area contributed by atoms with Gasteiger partial charge in [-0.3, -0.25) is 9.59 Å². The second-order valence-corrected chi connectivity index (χ2v) is 7.17. The molecule has 1 aliphatic rings. The van der Waals surface area contributed by atoms with Gasteiger partial charge in [0.05, 0.1) is 12.9 Å². The van der Waals surface area contributed by atoms with Crippen molar-refractivity contribution in [3.63, 3.8) is 0 Å². The molecule has 2 N–H and O–H groups in total. The van der Waals surface area contributed by atoms with Gasteiger partial charge in [0.25, 0.3) is 0 Å². The minimum Gasteiger partial charge on any atom is -0.480 e. The van der Waals surface area contributed by atoms with Crippen molar-refractivity contribution in [3.8, 4) is 0 Å². The van der Waals surface area contributed by atoms with Gasteiger partial charge in [-0.05, 0) is 19.3 Å². The van der Waals surface area contributed by atoms with Gasteiger partial charge in [-0.1, -0.05) is 6.42 Å². The lowest BCUT2D eigenvalue weighted by molar-refractivity contribution is -0.144. The van der Waals surface area contributed by atoms with E-state index in [9.17, 15) is 22.8 Å². The molecule has 0 aromatic rings. The molecule has 0 saturated carbocycles. The zero-order chi connectivity index (χ0) is 16.0. The number of sulfone groups is 1. The van der Waals surface area contributed by atoms with Gasteiger partial charge in [-0.15, -0.1) is 0 Å². The molecule has 0 aromatic heterocycles. The lowest BCUT2D eigenvalue weighted by atomic mass is 10.1. The van der Waals surface area contributed by atoms with Gasteiger partial charge in [-0.25, -0.2) is 13.2 Å². The quantitative estimate of drug-likeness (QED) is 0.630. The van der Waals surface area contributed by atoms with Crippen LogP contribution in [0.4, 0.5) is 0 Å². The molecule has 1 fully saturated rings. The van der Waals surface area contributed by atoms with E-state index >= 15 is 0 Å². The number of aliphatic carboxylic acids is 1. The van der Waals surface area contributed by atoms with Gasteiger partial charge < -0.3 is 15.2 Å². The van der Waals surface area contributed by atoms with Crippen LogP contribution < -0.4 is 5.32 Å². The molecule has 2 atom stereocenters. The van der Waals surface area contributed by atoms with Crippen molar-refractivity contribution in [3.05, 3.63) is 0 Å². The van der Waals surface area contributed by atoms with Crippen LogP contribution in [0.25, 0.3) is 0 Å². The Morgan fingerprint density at radius 3 is 2.52 bits per heavy atom. The predicted octanol–water partition coefficient (Wildman–Crippen LogP) is -0.524. The van der Waals surface area contributed by atoms with E-state index in [1.807, 2.05) is 0 Å². The number of methoxy groups -OCH3 is 1. The molecule has 21 heavy (non-hydrogen) atoms. The average Bonchev–Trinajstić information content (AvgIpc) is 2.41. The molecule has 0 radical (unpaired) electrons. The average molecular weight is 321 g/mol. The van der Waals surface area contributed by atoms with E-state index in [1.54, 1.807) is 0 Å². The molecule has 8 nitrogen and oxygen atoms in total. The lowest BCUT2D eigenvalue weighted by Gasteiger charge is -2.23. The number of carbonyl (C=O) groups is 3. The lowest BCUT2D eigenvalue weighted by Crippen LogP contribution is -2.49. The first-order valence-electron chi connectivity index (χ1n) is 6.59. The fraction of sp³-hybridized carbons (Fsp3) is 0.750. The zero-order valence-electron chi connectivity index (χ0n) is 11.7. The number of carboxylic acids is 1. The van der Waals surface area contributed by atoms with Crippen LogP contribution >= 0.6 is 0 Å². The van der Waals surface area contributed by atoms with Crippen molar-refractivity contribution >= 4 is 27.7 Å². The summed E-state index contributed by atoms with van der Waals surface area (Å²) in [5.74, 6) is -2.79. The first kappa shape index (κ1) is 17.4. The van der Waals surface area contributed by atoms with Crippen LogP contribution in [0.5, 0.6) is 0 Å². The number of rotatable bonds is 6. The van der Waals surface area contributed by atoms with E-state index in [0.29, 0.717) is 12.8 Å². The van der Waals surface area contributed by atoms with Crippen LogP contribution in [0.15, 0.2) is 0 Å². The van der Waals surface area contributed by atoms with Gasteiger partial charge in [0, 0.05) is 6.42 Å². The van der Waals surface area contributed by atoms with Crippen molar-refractivity contribution in [2.75, 3.05) is 12.9 Å². The summed E-state index contributed by atoms with van der Waals surface area (Å²) in [6.45, 7) is 0. The molecule has 0 aromatic carbocycles. The summed E-state index contributed by atoms with van der Waals surface area (Å²) in [6.07, 6.45) is 0.983. The molecular weight excluding hydrogens is 302 g/mol. The fourth-order valence-corrected chi connectivity index (χ4v) is 3.95. The standard InChI is InChI=1S/C12H19NO7S/c1-20-10(14)6-5-8(12(16)17)13-11(15)9-4-2-3-7-21(9,18)19/h8-9H,2-7H2,1H3,(H,13,15)(H,16,17). The Morgan fingerprint density at radius 1 is 1.33 bits per heavy atom. The van der Waals surface area contributed by atoms with Crippen molar-refractivity contribution in [2.45, 2.75) is 43.4 Å². The number of hydrogen-bond acceptors (Lipinski definition) is 6. The Bertz CT molecular complexity index is 514. The molecule has 1 aliphatic heterocycles. The number of hydrogen-bond donors (Lipinski definition) is 2. The van der Waals surface area contributed by atoms with Crippen LogP contribution in [0.3, 0.4) is 0 Å². The third-order valence-corrected chi connectivity index (χ3v) is 5.52. The largest absolute Gasteiger partial charge is 0.480 e. The van der Waals surface area contributed by atoms with Crippen molar-refractivity contribution in [2.24, 2.45) is 0 Å². The van der Waals surface area contributed by atoms with E-state index in [2.05, 4.69) is 10.1 Å². The Labute approximate surface area is 122 Å². The van der Waals surface area contributed by atoms with Crippen LogP contribution in [0.1, 0.15) is 32.1 Å². The van der Waals surface area contributed by atoms with Gasteiger partial charge in [0.1, 0.15) is 11.3 Å². The highest BCUT2D eigenvalue weighted by Gasteiger charge is 2.36. The maximum Gasteiger partial charge on any atom is 0.326 e. The molecule has 0 spiro atoms. The number of carbonyl (C=O) groups excluding carboxylic acids is 2. The molecule has 0 aliphatic carbocycles. The number of esters is 1. The summed E-state index contributed by atoms with van der Waals surface area (Å²) in [7, 11) is -2.35. The first-order chi connectivity index (χ1) is 9.77. The summed E-state index contributed by atoms with van der Waals surface area (Å²) >= 11 is 0. The van der Waals surface area contributed by atoms with E-state index in [1.165, 1.54) is 7.11 Å². The van der Waals surface area contributed by atoms with Gasteiger partial charge in [0.2, 0.25) is 5.91 Å². The number of amides is 1. The maximum atomic E-state index is 12.0. The Balaban J connectivity index is 2.68. The summed E-state index contributed by atoms with van der Waals surface area (Å²) < 4.78 is 28.0. The van der Waals surface area contributed by atoms with Gasteiger partial charge >= 0.3 is 11.9 Å². The highest BCUT2D eigenvalue weighted by atomic mass is 32.2. The van der Waals surface area contributed by atoms with Gasteiger partial charge in [0.15, 0.2) is 9.84 Å². The molecule has 2 unspecified atom stereocenters. The highest BCUT2D eigenvalue weighted by Crippen LogP contribution is 2.20. The molecule has 1 rings (SSSR count). The topological polar surface area (TPSA) is 127 Å². The third kappa shape index (κ3) is 5.00. The van der Waals surface area contributed by atoms with Crippen LogP contribution in [0.2, 0.25) is 0 Å². The summed E-state index contributed by atoms with van der Waals surface area (Å²) in [6, 6.07) is -1.31. The van der Waals surface area contributed by atoms with E-state index in [4.69, 9.17) is 5.11 Å². The van der Waals surface area contributed by atoms with Crippen molar-refractivity contribution in [1.82, 2.24) is 5.32 Å². The second-order valence-electron chi connectivity index (χ2n) is 4.87. The Morgan fingerprint density at radius 2 is 2.00 bits per heavy atom. The van der Waals surface area contributed by atoms with Crippen LogP contribution in [-0.4, -0.2) is 55.5 Å². The summed E-state index contributed by atoms with van der Waals surface area (Å²) in [5.41, 5.74) is 0. The number of carboxylic acid groups (broad SMARTS) is 1. The third-order valence-electron chi connectivity index (χ3n) is 3.35. The molecule has 120 valence electrons. The highest BCUT2D eigenvalue weighted by molar-refractivity contribution is 7.92. The maximum absolute atomic E-state index is 12.0. The molecular formula is C12H19NO7S. The van der Waals surface area contributed by atoms with Crippen LogP contribution in [0, 0.1) is 0 Å². The Hall–Kier alpha value is -1.64. The molecule has 1 saturated heterocycles. The molecule has 0 bridgehead atoms. The Kier molecular flexibility index (Phi) is 6.13. The minimum atomic E-state index is -3.53. The van der Waals surface area contributed by atoms with Crippen molar-refractivity contribution < 1.29 is 32.6 Å². The number of nitrogens with one attached hydrogen (secondary N) is 1. The summed E-state index contributed by atoms with van der Waals surface area (Å²) in [4.78, 5) is 34.0. The smallest absolute Gasteiger partial charge is 0.326 e. The normalized spacial score (nSPS) is 22.0. The van der Waals surface area contributed by atoms with Gasteiger partial charge in [-0.2, -0.15) is 0 Å². The molecule has 1 heterocycles. The van der Waals surface area contributed by atoms with E-state index in [0.717, 1.165) is 0 Å².